The first-order chi connectivity index (χ1) is 4.00. The number of aliphatic hydroxyl groups is 1. The topological polar surface area (TPSA) is 57.5 Å². The van der Waals surface area contributed by atoms with Crippen LogP contribution in [0.1, 0.15) is 19.8 Å². The second-order valence-electron chi connectivity index (χ2n) is 1.87. The summed E-state index contributed by atoms with van der Waals surface area (Å²) in [5, 5.41) is 17.1. The first kappa shape index (κ1) is 13.6. The van der Waals surface area contributed by atoms with Crippen LogP contribution < -0.4 is 0 Å². The van der Waals surface area contributed by atoms with Crippen molar-refractivity contribution >= 4 is 56.3 Å². The molecule has 58 valence electrons. The van der Waals surface area contributed by atoms with Crippen molar-refractivity contribution in [3.05, 3.63) is 0 Å². The van der Waals surface area contributed by atoms with Crippen molar-refractivity contribution in [1.29, 1.82) is 0 Å². The van der Waals surface area contributed by atoms with Gasteiger partial charge in [-0.05, 0) is 6.42 Å². The van der Waals surface area contributed by atoms with E-state index >= 15 is 0 Å². The molecule has 0 saturated heterocycles. The number of hydrogen-bond donors (Lipinski definition) is 3. The third-order valence-corrected chi connectivity index (χ3v) is 1.36. The molecule has 0 bridgehead atoms. The first-order valence-corrected chi connectivity index (χ1v) is 3.13. The van der Waals surface area contributed by atoms with Crippen LogP contribution in [0.25, 0.3) is 0 Å². The molecule has 0 aromatic rings. The fraction of sp³-hybridized carbons (Fsp3) is 0.800. The molecule has 0 aliphatic rings. The normalized spacial score (nSPS) is 15.1. The predicted molar refractivity (Wildman–Crippen MR) is 45.0 cm³/mol. The molecule has 0 heterocycles. The Bertz CT molecular complexity index is 115. The van der Waals surface area contributed by atoms with Crippen LogP contribution in [0.4, 0.5) is 0 Å². The summed E-state index contributed by atoms with van der Waals surface area (Å²) < 4.78 is 0. The maximum absolute atomic E-state index is 10.1. The van der Waals surface area contributed by atoms with Crippen molar-refractivity contribution in [3.8, 4) is 0 Å². The van der Waals surface area contributed by atoms with Gasteiger partial charge in [0.05, 0.1) is 0 Å². The summed E-state index contributed by atoms with van der Waals surface area (Å²) in [5.41, 5.74) is 0. The monoisotopic (exact) mass is 192 g/mol. The Labute approximate surface area is 95.2 Å². The number of rotatable bonds is 3. The van der Waals surface area contributed by atoms with E-state index in [-0.39, 0.29) is 44.2 Å². The molecule has 10 heavy (non-hydrogen) atoms. The Morgan fingerprint density at radius 3 is 2.20 bits per heavy atom. The molecular weight excluding hydrogens is 180 g/mol. The van der Waals surface area contributed by atoms with E-state index in [1.807, 2.05) is 0 Å². The molecule has 0 amide bonds. The van der Waals surface area contributed by atoms with Gasteiger partial charge in [0.25, 0.3) is 0 Å². The standard InChI is InChI=1S/C5H10O3S.Ca.2H/c1-2-3-5(8,9)4(6)7;;;/h8-9H,2-3H2,1H3,(H,6,7);;;. The quantitative estimate of drug-likeness (QED) is 0.323. The summed E-state index contributed by atoms with van der Waals surface area (Å²) >= 11 is 3.52. The Hall–Kier alpha value is 1.04. The predicted octanol–water partition coefficient (Wildman–Crippen LogP) is -0.427. The Balaban J connectivity index is 0. The van der Waals surface area contributed by atoms with Crippen molar-refractivity contribution in [2.45, 2.75) is 24.7 Å². The van der Waals surface area contributed by atoms with Crippen molar-refractivity contribution in [3.63, 3.8) is 0 Å². The number of carboxylic acids is 1. The summed E-state index contributed by atoms with van der Waals surface area (Å²) in [6.07, 6.45) is 0.776. The molecule has 2 N–H and O–H groups in total. The number of thiol groups is 1. The summed E-state index contributed by atoms with van der Waals surface area (Å²) in [6.45, 7) is 1.78. The van der Waals surface area contributed by atoms with Gasteiger partial charge in [0.15, 0.2) is 0 Å². The minimum absolute atomic E-state index is 0. The van der Waals surface area contributed by atoms with Crippen molar-refractivity contribution in [2.75, 3.05) is 0 Å². The van der Waals surface area contributed by atoms with Gasteiger partial charge in [0.2, 0.25) is 4.93 Å². The van der Waals surface area contributed by atoms with E-state index in [1.54, 1.807) is 6.92 Å². The van der Waals surface area contributed by atoms with Crippen LogP contribution in [0.3, 0.4) is 0 Å². The average molecular weight is 192 g/mol. The molecule has 5 heteroatoms. The van der Waals surface area contributed by atoms with E-state index in [2.05, 4.69) is 12.6 Å². The molecule has 0 rings (SSSR count). The number of carbonyl (C=O) groups is 1. The van der Waals surface area contributed by atoms with Gasteiger partial charge in [-0.3, -0.25) is 0 Å². The van der Waals surface area contributed by atoms with Gasteiger partial charge in [-0.15, -0.1) is 12.6 Å². The van der Waals surface area contributed by atoms with E-state index in [1.165, 1.54) is 0 Å². The molecule has 3 nitrogen and oxygen atoms in total. The molecule has 0 saturated carbocycles. The van der Waals surface area contributed by atoms with E-state index in [0.717, 1.165) is 0 Å². The van der Waals surface area contributed by atoms with Gasteiger partial charge in [-0.25, -0.2) is 4.79 Å². The summed E-state index contributed by atoms with van der Waals surface area (Å²) in [6, 6.07) is 0. The SMILES string of the molecule is CCCC(O)(S)C(=O)O.[CaH2]. The van der Waals surface area contributed by atoms with E-state index in [9.17, 15) is 4.79 Å². The van der Waals surface area contributed by atoms with Crippen LogP contribution >= 0.6 is 12.6 Å². The van der Waals surface area contributed by atoms with Crippen molar-refractivity contribution in [1.82, 2.24) is 0 Å². The van der Waals surface area contributed by atoms with Crippen molar-refractivity contribution in [2.24, 2.45) is 0 Å². The van der Waals surface area contributed by atoms with Gasteiger partial charge < -0.3 is 10.2 Å². The molecular formula is C5H12CaO3S. The van der Waals surface area contributed by atoms with Crippen LogP contribution in [0.5, 0.6) is 0 Å². The van der Waals surface area contributed by atoms with Gasteiger partial charge >= 0.3 is 43.7 Å². The fourth-order valence-corrected chi connectivity index (χ4v) is 0.679. The number of aliphatic carboxylic acids is 1. The van der Waals surface area contributed by atoms with E-state index in [0.29, 0.717) is 6.42 Å². The summed E-state index contributed by atoms with van der Waals surface area (Å²) in [4.78, 5) is 8.25. The van der Waals surface area contributed by atoms with Crippen LogP contribution in [0, 0.1) is 0 Å². The van der Waals surface area contributed by atoms with Gasteiger partial charge in [0, 0.05) is 0 Å². The van der Waals surface area contributed by atoms with E-state index < -0.39 is 10.9 Å². The molecule has 1 unspecified atom stereocenters. The number of carboxylic acid groups (broad SMARTS) is 1. The van der Waals surface area contributed by atoms with Crippen LogP contribution in [-0.2, 0) is 4.79 Å². The number of hydrogen-bond acceptors (Lipinski definition) is 3. The van der Waals surface area contributed by atoms with Gasteiger partial charge in [-0.2, -0.15) is 0 Å². The molecule has 0 fully saturated rings. The van der Waals surface area contributed by atoms with Crippen LogP contribution in [-0.4, -0.2) is 58.9 Å². The Morgan fingerprint density at radius 2 is 2.10 bits per heavy atom. The third kappa shape index (κ3) is 4.79. The van der Waals surface area contributed by atoms with Gasteiger partial charge in [-0.1, -0.05) is 13.3 Å². The molecule has 0 aliphatic carbocycles. The zero-order valence-corrected chi connectivity index (χ0v) is 6.06. The minimum atomic E-state index is -1.84. The van der Waals surface area contributed by atoms with Crippen LogP contribution in [0.2, 0.25) is 0 Å². The molecule has 0 radical (unpaired) electrons. The summed E-state index contributed by atoms with van der Waals surface area (Å²) in [7, 11) is 0. The fourth-order valence-electron chi connectivity index (χ4n) is 0.456. The van der Waals surface area contributed by atoms with E-state index in [4.69, 9.17) is 10.2 Å². The zero-order chi connectivity index (χ0) is 7.49. The molecule has 1 atom stereocenters. The second-order valence-corrected chi connectivity index (χ2v) is 2.61. The summed E-state index contributed by atoms with van der Waals surface area (Å²) in [5.74, 6) is -1.28. The molecule has 0 spiro atoms. The van der Waals surface area contributed by atoms with Gasteiger partial charge in [0.1, 0.15) is 0 Å². The molecule has 0 aromatic carbocycles. The molecule has 0 aromatic heterocycles. The zero-order valence-electron chi connectivity index (χ0n) is 5.16. The van der Waals surface area contributed by atoms with Crippen LogP contribution in [0.15, 0.2) is 0 Å². The third-order valence-electron chi connectivity index (χ3n) is 0.941. The first-order valence-electron chi connectivity index (χ1n) is 2.69. The Morgan fingerprint density at radius 1 is 1.70 bits per heavy atom. The second kappa shape index (κ2) is 5.66. The van der Waals surface area contributed by atoms with Crippen molar-refractivity contribution < 1.29 is 15.0 Å². The average Bonchev–Trinajstić information content (AvgIpc) is 1.65. The molecule has 0 aliphatic heterocycles. The maximum atomic E-state index is 10.1. The Kier molecular flexibility index (Phi) is 7.71.